The third kappa shape index (κ3) is 6.64. The Morgan fingerprint density at radius 1 is 1.19 bits per heavy atom. The number of nitrogens with zero attached hydrogens (tertiary/aromatic N) is 5. The van der Waals surface area contributed by atoms with Crippen LogP contribution in [0.5, 0.6) is 0 Å². The minimum absolute atomic E-state index is 0.102. The van der Waals surface area contributed by atoms with Crippen molar-refractivity contribution in [3.63, 3.8) is 0 Å². The van der Waals surface area contributed by atoms with E-state index in [1.165, 1.54) is 48.8 Å². The van der Waals surface area contributed by atoms with Crippen molar-refractivity contribution in [1.29, 1.82) is 0 Å². The first kappa shape index (κ1) is 33.1. The van der Waals surface area contributed by atoms with Crippen LogP contribution < -0.4 is 5.32 Å². The number of hydrogen-bond acceptors (Lipinski definition) is 9. The Morgan fingerprint density at radius 3 is 2.62 bits per heavy atom. The monoisotopic (exact) mass is 690 g/mol. The highest BCUT2D eigenvalue weighted by Gasteiger charge is 2.46. The summed E-state index contributed by atoms with van der Waals surface area (Å²) in [6.07, 6.45) is 1.66. The maximum absolute atomic E-state index is 14.0. The van der Waals surface area contributed by atoms with Gasteiger partial charge in [0.2, 0.25) is 0 Å². The fourth-order valence-corrected chi connectivity index (χ4v) is 6.92. The molecule has 3 aromatic rings. The SMILES string of the molecule is COC(=O)C1=C(CN2CCN3C(=O)N(C(C)(C)C#Cc4ccc(C(=O)O)cc4)CC3C2)NC(c2nccs2)=NC1c1ccc(F)cc1Cl. The number of aromatic nitrogens is 1. The van der Waals surface area contributed by atoms with Crippen LogP contribution in [0, 0.1) is 17.7 Å². The predicted octanol–water partition coefficient (Wildman–Crippen LogP) is 4.40. The third-order valence-corrected chi connectivity index (χ3v) is 9.67. The number of fused-ring (bicyclic) bond motifs is 1. The number of hydrogen-bond donors (Lipinski definition) is 2. The van der Waals surface area contributed by atoms with Gasteiger partial charge >= 0.3 is 18.0 Å². The van der Waals surface area contributed by atoms with Crippen molar-refractivity contribution in [2.24, 2.45) is 4.99 Å². The van der Waals surface area contributed by atoms with E-state index in [-0.39, 0.29) is 28.2 Å². The van der Waals surface area contributed by atoms with Crippen molar-refractivity contribution < 1.29 is 28.6 Å². The van der Waals surface area contributed by atoms with Gasteiger partial charge in [0.15, 0.2) is 10.8 Å². The zero-order valence-corrected chi connectivity index (χ0v) is 27.9. The molecular weight excluding hydrogens is 659 g/mol. The highest BCUT2D eigenvalue weighted by atomic mass is 35.5. The summed E-state index contributed by atoms with van der Waals surface area (Å²) < 4.78 is 19.2. The van der Waals surface area contributed by atoms with Gasteiger partial charge in [-0.2, -0.15) is 0 Å². The Balaban J connectivity index is 1.24. The highest BCUT2D eigenvalue weighted by Crippen LogP contribution is 2.37. The van der Waals surface area contributed by atoms with E-state index in [1.54, 1.807) is 23.2 Å². The second-order valence-electron chi connectivity index (χ2n) is 12.1. The zero-order valence-electron chi connectivity index (χ0n) is 26.4. The molecule has 0 bridgehead atoms. The number of thiazole rings is 1. The topological polar surface area (TPSA) is 128 Å². The molecule has 0 spiro atoms. The Morgan fingerprint density at radius 2 is 1.96 bits per heavy atom. The number of piperazine rings is 1. The van der Waals surface area contributed by atoms with Crippen molar-refractivity contribution >= 4 is 46.7 Å². The van der Waals surface area contributed by atoms with Gasteiger partial charge in [-0.05, 0) is 50.2 Å². The van der Waals surface area contributed by atoms with Crippen LogP contribution in [-0.2, 0) is 9.53 Å². The smallest absolute Gasteiger partial charge is 0.338 e. The minimum Gasteiger partial charge on any atom is -0.478 e. The molecule has 14 heteroatoms. The van der Waals surface area contributed by atoms with Crippen molar-refractivity contribution in [2.75, 3.05) is 39.8 Å². The van der Waals surface area contributed by atoms with Crippen molar-refractivity contribution in [2.45, 2.75) is 31.5 Å². The number of carbonyl (C=O) groups excluding carboxylic acids is 2. The Kier molecular flexibility index (Phi) is 9.24. The zero-order chi connectivity index (χ0) is 34.2. The molecule has 2 atom stereocenters. The first-order valence-corrected chi connectivity index (χ1v) is 16.4. The number of amidine groups is 1. The lowest BCUT2D eigenvalue weighted by molar-refractivity contribution is -0.136. The molecule has 48 heavy (non-hydrogen) atoms. The van der Waals surface area contributed by atoms with Crippen LogP contribution in [0.3, 0.4) is 0 Å². The number of esters is 1. The van der Waals surface area contributed by atoms with Gasteiger partial charge in [0, 0.05) is 66.1 Å². The largest absolute Gasteiger partial charge is 0.478 e. The summed E-state index contributed by atoms with van der Waals surface area (Å²) in [7, 11) is 1.30. The van der Waals surface area contributed by atoms with Gasteiger partial charge in [0.05, 0.1) is 24.3 Å². The van der Waals surface area contributed by atoms with Crippen molar-refractivity contribution in [1.82, 2.24) is 25.0 Å². The number of carboxylic acids is 1. The van der Waals surface area contributed by atoms with Crippen LogP contribution in [0.15, 0.2) is 70.3 Å². The molecular formula is C34H32ClFN6O5S. The number of benzene rings is 2. The molecule has 2 N–H and O–H groups in total. The molecule has 3 aliphatic rings. The van der Waals surface area contributed by atoms with E-state index in [2.05, 4.69) is 27.0 Å². The highest BCUT2D eigenvalue weighted by molar-refractivity contribution is 7.11. The molecule has 0 saturated carbocycles. The van der Waals surface area contributed by atoms with Gasteiger partial charge < -0.3 is 25.0 Å². The molecule has 2 saturated heterocycles. The first-order chi connectivity index (χ1) is 22.9. The number of aromatic carboxylic acids is 1. The summed E-state index contributed by atoms with van der Waals surface area (Å²) in [6, 6.07) is 9.19. The molecule has 2 aromatic carbocycles. The number of rotatable bonds is 7. The minimum atomic E-state index is -1.01. The van der Waals surface area contributed by atoms with E-state index in [0.717, 1.165) is 0 Å². The number of methoxy groups -OCH3 is 1. The molecule has 248 valence electrons. The summed E-state index contributed by atoms with van der Waals surface area (Å²) in [5.74, 6) is 4.63. The van der Waals surface area contributed by atoms with Crippen molar-refractivity contribution in [3.05, 3.63) is 97.8 Å². The van der Waals surface area contributed by atoms with Gasteiger partial charge in [-0.1, -0.05) is 29.5 Å². The molecule has 4 heterocycles. The fourth-order valence-electron chi connectivity index (χ4n) is 6.06. The molecule has 6 rings (SSSR count). The Bertz CT molecular complexity index is 1890. The van der Waals surface area contributed by atoms with Gasteiger partial charge in [0.1, 0.15) is 17.4 Å². The number of amides is 2. The summed E-state index contributed by atoms with van der Waals surface area (Å²) >= 11 is 7.87. The average Bonchev–Trinajstić information content (AvgIpc) is 3.72. The van der Waals surface area contributed by atoms with E-state index in [1.807, 2.05) is 24.1 Å². The summed E-state index contributed by atoms with van der Waals surface area (Å²) in [6.45, 7) is 6.10. The van der Waals surface area contributed by atoms with E-state index in [0.29, 0.717) is 60.4 Å². The van der Waals surface area contributed by atoms with Crippen LogP contribution in [0.2, 0.25) is 5.02 Å². The van der Waals surface area contributed by atoms with Crippen LogP contribution in [0.4, 0.5) is 9.18 Å². The average molecular weight is 691 g/mol. The van der Waals surface area contributed by atoms with Gasteiger partial charge in [-0.3, -0.25) is 9.89 Å². The lowest BCUT2D eigenvalue weighted by Gasteiger charge is -2.38. The Hall–Kier alpha value is -4.77. The molecule has 1 aromatic heterocycles. The molecule has 0 aliphatic carbocycles. The lowest BCUT2D eigenvalue weighted by Crippen LogP contribution is -2.53. The molecule has 2 unspecified atom stereocenters. The standard InChI is InChI=1S/C34H32ClFN6O5S/c1-34(2,11-10-20-4-6-21(7-5-20)31(43)44)42-18-23-17-40(13-14-41(23)33(42)46)19-26-27(32(45)47-3)28(24-9-8-22(36)16-25(24)35)39-29(38-26)30-37-12-15-48-30/h4-9,12,15-16,23,28H,13-14,17-19H2,1-3H3,(H,38,39)(H,43,44). The molecule has 0 radical (unpaired) electrons. The fraction of sp³-hybridized carbons (Fsp3) is 0.324. The molecule has 2 amide bonds. The number of aliphatic imine (C=N–C) groups is 1. The normalized spacial score (nSPS) is 19.7. The van der Waals surface area contributed by atoms with Gasteiger partial charge in [-0.15, -0.1) is 11.3 Å². The maximum atomic E-state index is 14.0. The number of halogens is 2. The lowest BCUT2D eigenvalue weighted by atomic mass is 9.95. The second-order valence-corrected chi connectivity index (χ2v) is 13.4. The molecule has 3 aliphatic heterocycles. The molecule has 2 fully saturated rings. The van der Waals surface area contributed by atoms with Gasteiger partial charge in [0.25, 0.3) is 0 Å². The van der Waals surface area contributed by atoms with E-state index < -0.39 is 29.3 Å². The quantitative estimate of drug-likeness (QED) is 0.276. The number of carboxylic acid groups (broad SMARTS) is 1. The molecule has 11 nitrogen and oxygen atoms in total. The van der Waals surface area contributed by atoms with Gasteiger partial charge in [-0.25, -0.2) is 23.8 Å². The maximum Gasteiger partial charge on any atom is 0.338 e. The third-order valence-electron chi connectivity index (χ3n) is 8.56. The van der Waals surface area contributed by atoms with Crippen LogP contribution >= 0.6 is 22.9 Å². The van der Waals surface area contributed by atoms with Crippen molar-refractivity contribution in [3.8, 4) is 11.8 Å². The number of carbonyl (C=O) groups is 3. The predicted molar refractivity (Wildman–Crippen MR) is 178 cm³/mol. The number of nitrogens with one attached hydrogen (secondary N) is 1. The second kappa shape index (κ2) is 13.4. The van der Waals surface area contributed by atoms with Crippen LogP contribution in [0.25, 0.3) is 0 Å². The van der Waals surface area contributed by atoms with E-state index in [9.17, 15) is 18.8 Å². The summed E-state index contributed by atoms with van der Waals surface area (Å²) in [4.78, 5) is 53.1. The number of urea groups is 1. The van der Waals surface area contributed by atoms with Crippen LogP contribution in [0.1, 0.15) is 46.4 Å². The van der Waals surface area contributed by atoms with Crippen LogP contribution in [-0.4, -0.2) is 100 Å². The summed E-state index contributed by atoms with van der Waals surface area (Å²) in [5, 5.41) is 15.0. The van der Waals surface area contributed by atoms with E-state index in [4.69, 9.17) is 26.4 Å². The number of ether oxygens (including phenoxy) is 1. The summed E-state index contributed by atoms with van der Waals surface area (Å²) in [5.41, 5.74) is 1.30. The van der Waals surface area contributed by atoms with E-state index >= 15 is 0 Å². The Labute approximate surface area is 285 Å². The first-order valence-electron chi connectivity index (χ1n) is 15.1.